The minimum absolute atomic E-state index is 0.0378. The number of aromatic nitrogens is 3. The number of H-pyrrole nitrogens is 1. The van der Waals surface area contributed by atoms with Crippen LogP contribution >= 0.6 is 11.6 Å². The van der Waals surface area contributed by atoms with Crippen molar-refractivity contribution in [2.24, 2.45) is 0 Å². The molecular weight excluding hydrogens is 383 g/mol. The molecule has 138 valence electrons. The van der Waals surface area contributed by atoms with E-state index in [1.807, 2.05) is 6.92 Å². The molecule has 0 unspecified atom stereocenters. The quantitative estimate of drug-likeness (QED) is 0.680. The second-order valence-electron chi connectivity index (χ2n) is 5.66. The third kappa shape index (κ3) is 3.32. The number of benzene rings is 1. The Kier molecular flexibility index (Phi) is 4.76. The maximum absolute atomic E-state index is 13.2. The van der Waals surface area contributed by atoms with Gasteiger partial charge in [0.2, 0.25) is 5.89 Å². The fraction of sp³-hybridized carbons (Fsp3) is 0.250. The van der Waals surface area contributed by atoms with Crippen molar-refractivity contribution in [2.45, 2.75) is 32.1 Å². The Bertz CT molecular complexity index is 1080. The van der Waals surface area contributed by atoms with Crippen LogP contribution in [-0.4, -0.2) is 23.6 Å². The molecule has 2 heterocycles. The van der Waals surface area contributed by atoms with Crippen LogP contribution in [0.2, 0.25) is 5.02 Å². The van der Waals surface area contributed by atoms with E-state index >= 15 is 0 Å². The molecule has 1 aromatic carbocycles. The first-order valence-corrected chi connectivity index (χ1v) is 9.58. The molecule has 0 amide bonds. The zero-order valence-electron chi connectivity index (χ0n) is 14.2. The van der Waals surface area contributed by atoms with Crippen LogP contribution in [0.3, 0.4) is 0 Å². The Morgan fingerprint density at radius 1 is 1.31 bits per heavy atom. The summed E-state index contributed by atoms with van der Waals surface area (Å²) in [6, 6.07) is 3.42. The molecule has 0 bridgehead atoms. The Morgan fingerprint density at radius 3 is 2.65 bits per heavy atom. The lowest BCUT2D eigenvalue weighted by Gasteiger charge is -2.10. The minimum atomic E-state index is -3.97. The van der Waals surface area contributed by atoms with Crippen LogP contribution in [0.4, 0.5) is 10.1 Å². The van der Waals surface area contributed by atoms with E-state index in [4.69, 9.17) is 16.0 Å². The van der Waals surface area contributed by atoms with Crippen molar-refractivity contribution in [1.29, 1.82) is 0 Å². The van der Waals surface area contributed by atoms with Gasteiger partial charge < -0.3 is 9.40 Å². The Labute approximate surface area is 154 Å². The first-order valence-electron chi connectivity index (χ1n) is 7.72. The number of nitrogens with one attached hydrogen (secondary N) is 2. The number of halogens is 2. The highest BCUT2D eigenvalue weighted by Crippen LogP contribution is 2.32. The van der Waals surface area contributed by atoms with Crippen molar-refractivity contribution in [3.05, 3.63) is 46.2 Å². The third-order valence-corrected chi connectivity index (χ3v) is 5.75. The molecule has 0 atom stereocenters. The van der Waals surface area contributed by atoms with E-state index in [0.29, 0.717) is 29.3 Å². The first-order chi connectivity index (χ1) is 12.2. The topological polar surface area (TPSA) is 101 Å². The van der Waals surface area contributed by atoms with Gasteiger partial charge in [-0.15, -0.1) is 10.2 Å². The third-order valence-electron chi connectivity index (χ3n) is 3.80. The van der Waals surface area contributed by atoms with E-state index in [1.54, 1.807) is 13.8 Å². The van der Waals surface area contributed by atoms with E-state index in [0.717, 1.165) is 12.1 Å². The zero-order valence-corrected chi connectivity index (χ0v) is 15.8. The van der Waals surface area contributed by atoms with Crippen molar-refractivity contribution >= 4 is 27.3 Å². The number of hydrogen-bond acceptors (Lipinski definition) is 5. The van der Waals surface area contributed by atoms with Gasteiger partial charge in [-0.2, -0.15) is 0 Å². The summed E-state index contributed by atoms with van der Waals surface area (Å²) >= 11 is 5.91. The van der Waals surface area contributed by atoms with Gasteiger partial charge in [-0.1, -0.05) is 18.5 Å². The molecule has 0 aliphatic heterocycles. The summed E-state index contributed by atoms with van der Waals surface area (Å²) < 4.78 is 46.7. The van der Waals surface area contributed by atoms with Crippen molar-refractivity contribution < 1.29 is 17.2 Å². The van der Waals surface area contributed by atoms with Crippen LogP contribution in [0.1, 0.15) is 24.1 Å². The van der Waals surface area contributed by atoms with Crippen LogP contribution in [0.25, 0.3) is 11.6 Å². The van der Waals surface area contributed by atoms with Gasteiger partial charge in [0.05, 0.1) is 10.7 Å². The molecule has 3 rings (SSSR count). The van der Waals surface area contributed by atoms with Crippen LogP contribution in [-0.2, 0) is 16.4 Å². The number of sulfonamides is 1. The SMILES string of the molecule is CCc1nnc(-c2[nH]c(C)c(S(=O)(=O)Nc3ccc(F)cc3Cl)c2C)o1. The summed E-state index contributed by atoms with van der Waals surface area (Å²) in [5, 5.41) is 7.78. The summed E-state index contributed by atoms with van der Waals surface area (Å²) in [4.78, 5) is 3.02. The Balaban J connectivity index is 2.02. The standard InChI is InChI=1S/C16H16ClFN4O3S/c1-4-13-20-21-16(25-13)14-8(2)15(9(3)19-14)26(23,24)22-12-6-5-10(18)7-11(12)17/h5-7,19,22H,4H2,1-3H3. The van der Waals surface area contributed by atoms with Crippen molar-refractivity contribution in [1.82, 2.24) is 15.2 Å². The van der Waals surface area contributed by atoms with Gasteiger partial charge in [0.25, 0.3) is 15.9 Å². The largest absolute Gasteiger partial charge is 0.419 e. The molecule has 7 nitrogen and oxygen atoms in total. The van der Waals surface area contributed by atoms with Gasteiger partial charge in [-0.3, -0.25) is 4.72 Å². The van der Waals surface area contributed by atoms with Crippen LogP contribution in [0.5, 0.6) is 0 Å². The van der Waals surface area contributed by atoms with E-state index in [9.17, 15) is 12.8 Å². The van der Waals surface area contributed by atoms with E-state index < -0.39 is 15.8 Å². The Morgan fingerprint density at radius 2 is 2.04 bits per heavy atom. The van der Waals surface area contributed by atoms with Gasteiger partial charge in [0, 0.05) is 17.7 Å². The van der Waals surface area contributed by atoms with E-state index in [-0.39, 0.29) is 21.5 Å². The van der Waals surface area contributed by atoms with Crippen molar-refractivity contribution in [2.75, 3.05) is 4.72 Å². The molecule has 0 spiro atoms. The fourth-order valence-corrected chi connectivity index (χ4v) is 4.41. The summed E-state index contributed by atoms with van der Waals surface area (Å²) in [5.74, 6) is 0.105. The second-order valence-corrected chi connectivity index (χ2v) is 7.69. The normalized spacial score (nSPS) is 11.7. The molecule has 0 saturated heterocycles. The van der Waals surface area contributed by atoms with Crippen LogP contribution in [0, 0.1) is 19.7 Å². The molecule has 26 heavy (non-hydrogen) atoms. The molecule has 0 aliphatic rings. The smallest absolute Gasteiger partial charge is 0.264 e. The zero-order chi connectivity index (χ0) is 19.1. The predicted octanol–water partition coefficient (Wildman–Crippen LogP) is 3.84. The monoisotopic (exact) mass is 398 g/mol. The molecule has 0 fully saturated rings. The molecule has 10 heteroatoms. The summed E-state index contributed by atoms with van der Waals surface area (Å²) in [6.45, 7) is 5.13. The highest BCUT2D eigenvalue weighted by Gasteiger charge is 2.27. The molecule has 2 aromatic heterocycles. The number of aromatic amines is 1. The summed E-state index contributed by atoms with van der Waals surface area (Å²) in [6.07, 6.45) is 0.571. The van der Waals surface area contributed by atoms with Gasteiger partial charge in [0.1, 0.15) is 16.4 Å². The van der Waals surface area contributed by atoms with E-state index in [2.05, 4.69) is 19.9 Å². The molecule has 3 aromatic rings. The maximum Gasteiger partial charge on any atom is 0.264 e. The fourth-order valence-electron chi connectivity index (χ4n) is 2.62. The molecular formula is C16H16ClFN4O3S. The average Bonchev–Trinajstić information content (AvgIpc) is 3.14. The molecule has 2 N–H and O–H groups in total. The lowest BCUT2D eigenvalue weighted by Crippen LogP contribution is -2.15. The summed E-state index contributed by atoms with van der Waals surface area (Å²) in [7, 11) is -3.97. The molecule has 0 radical (unpaired) electrons. The van der Waals surface area contributed by atoms with Gasteiger partial charge in [0.15, 0.2) is 0 Å². The van der Waals surface area contributed by atoms with Crippen LogP contribution < -0.4 is 4.72 Å². The number of anilines is 1. The number of rotatable bonds is 5. The van der Waals surface area contributed by atoms with Crippen LogP contribution in [0.15, 0.2) is 27.5 Å². The number of aryl methyl sites for hydroxylation is 2. The minimum Gasteiger partial charge on any atom is -0.419 e. The van der Waals surface area contributed by atoms with Crippen molar-refractivity contribution in [3.8, 4) is 11.6 Å². The first kappa shape index (κ1) is 18.4. The van der Waals surface area contributed by atoms with E-state index in [1.165, 1.54) is 6.07 Å². The van der Waals surface area contributed by atoms with Gasteiger partial charge >= 0.3 is 0 Å². The van der Waals surface area contributed by atoms with Gasteiger partial charge in [-0.05, 0) is 32.0 Å². The second kappa shape index (κ2) is 6.73. The molecule has 0 saturated carbocycles. The van der Waals surface area contributed by atoms with Crippen molar-refractivity contribution in [3.63, 3.8) is 0 Å². The number of nitrogens with zero attached hydrogens (tertiary/aromatic N) is 2. The average molecular weight is 399 g/mol. The summed E-state index contributed by atoms with van der Waals surface area (Å²) in [5.41, 5.74) is 1.35. The Hall–Kier alpha value is -2.39. The van der Waals surface area contributed by atoms with Gasteiger partial charge in [-0.25, -0.2) is 12.8 Å². The lowest BCUT2D eigenvalue weighted by atomic mass is 10.2. The number of hydrogen-bond donors (Lipinski definition) is 2. The lowest BCUT2D eigenvalue weighted by molar-refractivity contribution is 0.511. The molecule has 0 aliphatic carbocycles. The highest BCUT2D eigenvalue weighted by molar-refractivity contribution is 7.92. The maximum atomic E-state index is 13.2. The predicted molar refractivity (Wildman–Crippen MR) is 95.2 cm³/mol. The highest BCUT2D eigenvalue weighted by atomic mass is 35.5.